The fourth-order valence-electron chi connectivity index (χ4n) is 3.56. The topological polar surface area (TPSA) is 37.3 Å². The van der Waals surface area contributed by atoms with E-state index in [4.69, 9.17) is 5.11 Å². The van der Waals surface area contributed by atoms with Crippen LogP contribution in [0.25, 0.3) is 0 Å². The van der Waals surface area contributed by atoms with Gasteiger partial charge in [0.15, 0.2) is 0 Å². The van der Waals surface area contributed by atoms with Gasteiger partial charge in [-0.1, -0.05) is 32.1 Å². The maximum absolute atomic E-state index is 10.5. The van der Waals surface area contributed by atoms with E-state index >= 15 is 0 Å². The first kappa shape index (κ1) is 11.0. The Morgan fingerprint density at radius 3 is 2.53 bits per heavy atom. The first-order valence-corrected chi connectivity index (χ1v) is 6.47. The lowest BCUT2D eigenvalue weighted by molar-refractivity contribution is -0.137. The molecule has 2 aliphatic rings. The molecule has 3 unspecified atom stereocenters. The molecule has 0 spiro atoms. The van der Waals surface area contributed by atoms with Crippen LogP contribution in [-0.2, 0) is 4.79 Å². The Hall–Kier alpha value is -0.530. The van der Waals surface area contributed by atoms with E-state index in [2.05, 4.69) is 0 Å². The van der Waals surface area contributed by atoms with Gasteiger partial charge in [0.2, 0.25) is 0 Å². The summed E-state index contributed by atoms with van der Waals surface area (Å²) in [6, 6.07) is 0. The molecular formula is C13H22O2. The molecule has 2 aliphatic carbocycles. The summed E-state index contributed by atoms with van der Waals surface area (Å²) in [7, 11) is 0. The van der Waals surface area contributed by atoms with Crippen molar-refractivity contribution < 1.29 is 9.90 Å². The Labute approximate surface area is 92.1 Å². The van der Waals surface area contributed by atoms with Gasteiger partial charge in [-0.2, -0.15) is 0 Å². The number of fused-ring (bicyclic) bond motifs is 1. The van der Waals surface area contributed by atoms with Crippen LogP contribution in [-0.4, -0.2) is 11.1 Å². The molecule has 2 rings (SSSR count). The molecule has 0 aromatic carbocycles. The van der Waals surface area contributed by atoms with Crippen molar-refractivity contribution in [2.24, 2.45) is 17.8 Å². The normalized spacial score (nSPS) is 35.9. The van der Waals surface area contributed by atoms with Crippen molar-refractivity contribution in [3.05, 3.63) is 0 Å². The van der Waals surface area contributed by atoms with Gasteiger partial charge in [-0.15, -0.1) is 0 Å². The predicted molar refractivity (Wildman–Crippen MR) is 59.7 cm³/mol. The van der Waals surface area contributed by atoms with Crippen LogP contribution in [0.4, 0.5) is 0 Å². The van der Waals surface area contributed by atoms with Crippen LogP contribution < -0.4 is 0 Å². The molecule has 0 aromatic rings. The number of hydrogen-bond donors (Lipinski definition) is 1. The molecule has 3 atom stereocenters. The second kappa shape index (κ2) is 5.00. The van der Waals surface area contributed by atoms with Crippen LogP contribution in [0.1, 0.15) is 57.8 Å². The predicted octanol–water partition coefficient (Wildman–Crippen LogP) is 3.46. The molecule has 0 aromatic heterocycles. The van der Waals surface area contributed by atoms with Crippen molar-refractivity contribution in [3.8, 4) is 0 Å². The van der Waals surface area contributed by atoms with Crippen LogP contribution in [0.15, 0.2) is 0 Å². The molecule has 0 radical (unpaired) electrons. The van der Waals surface area contributed by atoms with E-state index in [9.17, 15) is 4.79 Å². The van der Waals surface area contributed by atoms with Crippen molar-refractivity contribution in [2.45, 2.75) is 57.8 Å². The van der Waals surface area contributed by atoms with Crippen LogP contribution >= 0.6 is 0 Å². The third-order valence-electron chi connectivity index (χ3n) is 4.41. The van der Waals surface area contributed by atoms with E-state index in [0.29, 0.717) is 12.3 Å². The maximum atomic E-state index is 10.5. The van der Waals surface area contributed by atoms with Gasteiger partial charge in [-0.05, 0) is 37.0 Å². The van der Waals surface area contributed by atoms with Gasteiger partial charge in [-0.3, -0.25) is 4.79 Å². The monoisotopic (exact) mass is 210 g/mol. The summed E-state index contributed by atoms with van der Waals surface area (Å²) in [5.74, 6) is 2.01. The highest BCUT2D eigenvalue weighted by molar-refractivity contribution is 5.66. The van der Waals surface area contributed by atoms with Crippen molar-refractivity contribution in [3.63, 3.8) is 0 Å². The van der Waals surface area contributed by atoms with Gasteiger partial charge in [0.25, 0.3) is 0 Å². The van der Waals surface area contributed by atoms with Crippen LogP contribution in [0, 0.1) is 17.8 Å². The standard InChI is InChI=1S/C13H22O2/c14-13(15)8-6-10-5-7-11-3-1-2-4-12(11)9-10/h10-12H,1-9H2,(H,14,15). The fraction of sp³-hybridized carbons (Fsp3) is 0.923. The minimum atomic E-state index is -0.624. The van der Waals surface area contributed by atoms with Gasteiger partial charge in [0, 0.05) is 6.42 Å². The van der Waals surface area contributed by atoms with E-state index in [1.807, 2.05) is 0 Å². The third-order valence-corrected chi connectivity index (χ3v) is 4.41. The molecule has 2 saturated carbocycles. The van der Waals surface area contributed by atoms with Gasteiger partial charge < -0.3 is 5.11 Å². The Balaban J connectivity index is 1.78. The Morgan fingerprint density at radius 1 is 1.07 bits per heavy atom. The average molecular weight is 210 g/mol. The maximum Gasteiger partial charge on any atom is 0.303 e. The van der Waals surface area contributed by atoms with Crippen molar-refractivity contribution in [1.29, 1.82) is 0 Å². The smallest absolute Gasteiger partial charge is 0.303 e. The van der Waals surface area contributed by atoms with Crippen molar-refractivity contribution in [2.75, 3.05) is 0 Å². The molecule has 1 N–H and O–H groups in total. The molecule has 2 nitrogen and oxygen atoms in total. The van der Waals surface area contributed by atoms with Crippen molar-refractivity contribution >= 4 is 5.97 Å². The molecule has 0 amide bonds. The number of aliphatic carboxylic acids is 1. The molecule has 2 fully saturated rings. The summed E-state index contributed by atoms with van der Waals surface area (Å²) in [6.07, 6.45) is 11.0. The molecule has 86 valence electrons. The lowest BCUT2D eigenvalue weighted by atomic mass is 9.67. The Bertz CT molecular complexity index is 225. The molecule has 0 aliphatic heterocycles. The highest BCUT2D eigenvalue weighted by Crippen LogP contribution is 2.43. The summed E-state index contributed by atoms with van der Waals surface area (Å²) in [6.45, 7) is 0. The Kier molecular flexibility index (Phi) is 3.66. The van der Waals surface area contributed by atoms with E-state index < -0.39 is 5.97 Å². The number of carboxylic acid groups (broad SMARTS) is 1. The second-order valence-electron chi connectivity index (χ2n) is 5.42. The van der Waals surface area contributed by atoms with E-state index in [1.165, 1.54) is 44.9 Å². The molecule has 15 heavy (non-hydrogen) atoms. The van der Waals surface area contributed by atoms with E-state index in [1.54, 1.807) is 0 Å². The highest BCUT2D eigenvalue weighted by atomic mass is 16.4. The van der Waals surface area contributed by atoms with Gasteiger partial charge in [0.05, 0.1) is 0 Å². The lowest BCUT2D eigenvalue weighted by Gasteiger charge is -2.39. The first-order valence-electron chi connectivity index (χ1n) is 6.47. The number of rotatable bonds is 3. The summed E-state index contributed by atoms with van der Waals surface area (Å²) >= 11 is 0. The minimum Gasteiger partial charge on any atom is -0.481 e. The van der Waals surface area contributed by atoms with E-state index in [-0.39, 0.29) is 0 Å². The van der Waals surface area contributed by atoms with Crippen LogP contribution in [0.3, 0.4) is 0 Å². The zero-order chi connectivity index (χ0) is 10.7. The first-order chi connectivity index (χ1) is 7.25. The average Bonchev–Trinajstić information content (AvgIpc) is 2.26. The van der Waals surface area contributed by atoms with Gasteiger partial charge >= 0.3 is 5.97 Å². The van der Waals surface area contributed by atoms with Crippen molar-refractivity contribution in [1.82, 2.24) is 0 Å². The number of hydrogen-bond acceptors (Lipinski definition) is 1. The largest absolute Gasteiger partial charge is 0.481 e. The summed E-state index contributed by atoms with van der Waals surface area (Å²) in [5, 5.41) is 8.68. The quantitative estimate of drug-likeness (QED) is 0.774. The molecular weight excluding hydrogens is 188 g/mol. The summed E-state index contributed by atoms with van der Waals surface area (Å²) < 4.78 is 0. The molecule has 0 heterocycles. The SMILES string of the molecule is O=C(O)CCC1CCC2CCCCC2C1. The van der Waals surface area contributed by atoms with Gasteiger partial charge in [-0.25, -0.2) is 0 Å². The highest BCUT2D eigenvalue weighted by Gasteiger charge is 2.31. The van der Waals surface area contributed by atoms with Gasteiger partial charge in [0.1, 0.15) is 0 Å². The summed E-state index contributed by atoms with van der Waals surface area (Å²) in [5.41, 5.74) is 0. The zero-order valence-corrected chi connectivity index (χ0v) is 9.45. The number of carboxylic acids is 1. The Morgan fingerprint density at radius 2 is 1.80 bits per heavy atom. The third kappa shape index (κ3) is 2.96. The van der Waals surface area contributed by atoms with Crippen LogP contribution in [0.5, 0.6) is 0 Å². The minimum absolute atomic E-state index is 0.377. The summed E-state index contributed by atoms with van der Waals surface area (Å²) in [4.78, 5) is 10.5. The second-order valence-corrected chi connectivity index (χ2v) is 5.42. The van der Waals surface area contributed by atoms with E-state index in [0.717, 1.165) is 18.3 Å². The fourth-order valence-corrected chi connectivity index (χ4v) is 3.56. The molecule has 0 bridgehead atoms. The lowest BCUT2D eigenvalue weighted by Crippen LogP contribution is -2.27. The molecule has 2 heteroatoms. The van der Waals surface area contributed by atoms with Crippen LogP contribution in [0.2, 0.25) is 0 Å². The molecule has 0 saturated heterocycles. The number of carbonyl (C=O) groups is 1. The zero-order valence-electron chi connectivity index (χ0n) is 9.45.